The van der Waals surface area contributed by atoms with E-state index in [1.54, 1.807) is 0 Å². The van der Waals surface area contributed by atoms with Crippen LogP contribution in [-0.2, 0) is 0 Å². The first-order valence-corrected chi connectivity index (χ1v) is 4.69. The Morgan fingerprint density at radius 2 is 2.35 bits per heavy atom. The van der Waals surface area contributed by atoms with Crippen molar-refractivity contribution < 1.29 is 14.8 Å². The van der Waals surface area contributed by atoms with Gasteiger partial charge >= 0.3 is 0 Å². The number of nitro benzene ring substituents is 1. The molecular weight excluding hydrogens is 226 g/mol. The van der Waals surface area contributed by atoms with Crippen LogP contribution in [0.1, 0.15) is 18.0 Å². The lowest BCUT2D eigenvalue weighted by Crippen LogP contribution is -2.10. The molecule has 90 valence electrons. The van der Waals surface area contributed by atoms with Crippen molar-refractivity contribution in [3.05, 3.63) is 27.8 Å². The van der Waals surface area contributed by atoms with Gasteiger partial charge in [0.15, 0.2) is 11.5 Å². The number of hydrogen-bond donors (Lipinski definition) is 2. The van der Waals surface area contributed by atoms with Crippen LogP contribution in [0.5, 0.6) is 11.5 Å². The Morgan fingerprint density at radius 3 is 2.82 bits per heavy atom. The van der Waals surface area contributed by atoms with Gasteiger partial charge in [-0.2, -0.15) is 5.26 Å². The highest BCUT2D eigenvalue weighted by Gasteiger charge is 2.20. The van der Waals surface area contributed by atoms with E-state index in [2.05, 4.69) is 0 Å². The molecule has 0 unspecified atom stereocenters. The highest BCUT2D eigenvalue weighted by molar-refractivity contribution is 5.54. The molecule has 0 saturated carbocycles. The van der Waals surface area contributed by atoms with E-state index < -0.39 is 11.0 Å². The second-order valence-corrected chi connectivity index (χ2v) is 3.31. The maximum atomic E-state index is 10.7. The Kier molecular flexibility index (Phi) is 3.85. The predicted molar refractivity (Wildman–Crippen MR) is 58.5 cm³/mol. The fourth-order valence-corrected chi connectivity index (χ4v) is 1.37. The highest BCUT2D eigenvalue weighted by atomic mass is 16.6. The van der Waals surface area contributed by atoms with E-state index in [9.17, 15) is 15.2 Å². The van der Waals surface area contributed by atoms with Crippen molar-refractivity contribution in [3.8, 4) is 17.6 Å². The van der Waals surface area contributed by atoms with Crippen LogP contribution in [0.25, 0.3) is 0 Å². The van der Waals surface area contributed by atoms with Crippen molar-refractivity contribution in [1.29, 1.82) is 5.26 Å². The minimum atomic E-state index is -0.797. The zero-order valence-electron chi connectivity index (χ0n) is 9.08. The number of phenols is 1. The molecular formula is C10H11N3O4. The van der Waals surface area contributed by atoms with E-state index in [1.165, 1.54) is 7.11 Å². The van der Waals surface area contributed by atoms with Crippen LogP contribution < -0.4 is 10.5 Å². The van der Waals surface area contributed by atoms with Gasteiger partial charge in [0.1, 0.15) is 0 Å². The van der Waals surface area contributed by atoms with Gasteiger partial charge in [0.2, 0.25) is 0 Å². The topological polar surface area (TPSA) is 122 Å². The molecule has 0 aliphatic heterocycles. The third-order valence-corrected chi connectivity index (χ3v) is 2.23. The summed E-state index contributed by atoms with van der Waals surface area (Å²) < 4.78 is 4.81. The van der Waals surface area contributed by atoms with Gasteiger partial charge in [-0.05, 0) is 0 Å². The molecule has 0 saturated heterocycles. The van der Waals surface area contributed by atoms with E-state index in [-0.39, 0.29) is 29.2 Å². The lowest BCUT2D eigenvalue weighted by Gasteiger charge is -2.12. The Bertz CT molecular complexity index is 481. The van der Waals surface area contributed by atoms with Gasteiger partial charge in [0, 0.05) is 17.7 Å². The molecule has 0 fully saturated rings. The molecule has 0 radical (unpaired) electrons. The molecule has 1 atom stereocenters. The molecule has 0 aromatic heterocycles. The highest BCUT2D eigenvalue weighted by Crippen LogP contribution is 2.37. The van der Waals surface area contributed by atoms with Gasteiger partial charge < -0.3 is 15.6 Å². The van der Waals surface area contributed by atoms with Gasteiger partial charge in [-0.15, -0.1) is 0 Å². The number of hydrogen-bond acceptors (Lipinski definition) is 6. The first kappa shape index (κ1) is 12.7. The normalized spacial score (nSPS) is 11.6. The number of aromatic hydroxyl groups is 1. The molecule has 0 amide bonds. The summed E-state index contributed by atoms with van der Waals surface area (Å²) in [5.74, 6) is -0.316. The third kappa shape index (κ3) is 2.62. The summed E-state index contributed by atoms with van der Waals surface area (Å²) in [5, 5.41) is 28.9. The maximum Gasteiger partial charge on any atom is 0.273 e. The Labute approximate surface area is 97.2 Å². The molecule has 0 aliphatic rings. The van der Waals surface area contributed by atoms with Crippen molar-refractivity contribution in [3.63, 3.8) is 0 Å². The van der Waals surface area contributed by atoms with Crippen molar-refractivity contribution in [2.45, 2.75) is 12.5 Å². The maximum absolute atomic E-state index is 10.7. The Balaban J connectivity index is 3.33. The quantitative estimate of drug-likeness (QED) is 0.599. The van der Waals surface area contributed by atoms with E-state index in [4.69, 9.17) is 15.7 Å². The summed E-state index contributed by atoms with van der Waals surface area (Å²) in [6, 6.07) is 3.27. The van der Waals surface area contributed by atoms with Crippen LogP contribution in [0.3, 0.4) is 0 Å². The van der Waals surface area contributed by atoms with E-state index in [0.717, 1.165) is 12.1 Å². The summed E-state index contributed by atoms with van der Waals surface area (Å²) >= 11 is 0. The molecule has 0 aliphatic carbocycles. The van der Waals surface area contributed by atoms with E-state index in [0.29, 0.717) is 0 Å². The van der Waals surface area contributed by atoms with Crippen LogP contribution in [0, 0.1) is 21.4 Å². The minimum absolute atomic E-state index is 0.0393. The molecule has 1 rings (SSSR count). The van der Waals surface area contributed by atoms with Crippen molar-refractivity contribution in [2.24, 2.45) is 5.73 Å². The van der Waals surface area contributed by atoms with Gasteiger partial charge in [-0.3, -0.25) is 10.1 Å². The van der Waals surface area contributed by atoms with Gasteiger partial charge in [-0.25, -0.2) is 0 Å². The second-order valence-electron chi connectivity index (χ2n) is 3.31. The number of rotatable bonds is 4. The molecule has 7 nitrogen and oxygen atoms in total. The van der Waals surface area contributed by atoms with Crippen LogP contribution in [0.2, 0.25) is 0 Å². The van der Waals surface area contributed by atoms with Crippen LogP contribution in [-0.4, -0.2) is 17.1 Å². The van der Waals surface area contributed by atoms with Crippen molar-refractivity contribution in [2.75, 3.05) is 7.11 Å². The molecule has 1 aromatic carbocycles. The zero-order valence-corrected chi connectivity index (χ0v) is 9.08. The molecule has 3 N–H and O–H groups in total. The van der Waals surface area contributed by atoms with Crippen molar-refractivity contribution in [1.82, 2.24) is 0 Å². The average Bonchev–Trinajstić information content (AvgIpc) is 2.29. The number of benzene rings is 1. The molecule has 17 heavy (non-hydrogen) atoms. The fraction of sp³-hybridized carbons (Fsp3) is 0.300. The molecule has 0 heterocycles. The van der Waals surface area contributed by atoms with Gasteiger partial charge in [0.25, 0.3) is 5.69 Å². The second kappa shape index (κ2) is 5.14. The lowest BCUT2D eigenvalue weighted by molar-refractivity contribution is -0.385. The standard InChI is InChI=1S/C10H11N3O4/c1-17-9-5-6(13(15)16)4-7(10(9)14)8(12)2-3-11/h4-5,8,14H,2,12H2,1H3/t8-/m1/s1. The molecule has 7 heteroatoms. The molecule has 0 spiro atoms. The number of nitriles is 1. The van der Waals surface area contributed by atoms with Crippen LogP contribution in [0.15, 0.2) is 12.1 Å². The number of nitrogens with zero attached hydrogens (tertiary/aromatic N) is 2. The third-order valence-electron chi connectivity index (χ3n) is 2.23. The Morgan fingerprint density at radius 1 is 1.71 bits per heavy atom. The Hall–Kier alpha value is -2.33. The van der Waals surface area contributed by atoms with Crippen molar-refractivity contribution >= 4 is 5.69 Å². The lowest BCUT2D eigenvalue weighted by atomic mass is 10.0. The molecule has 1 aromatic rings. The van der Waals surface area contributed by atoms with E-state index >= 15 is 0 Å². The van der Waals surface area contributed by atoms with Gasteiger partial charge in [0.05, 0.1) is 30.6 Å². The predicted octanol–water partition coefficient (Wildman–Crippen LogP) is 1.22. The number of methoxy groups -OCH3 is 1. The summed E-state index contributed by atoms with van der Waals surface area (Å²) in [4.78, 5) is 10.1. The molecule has 0 bridgehead atoms. The number of nitro groups is 1. The summed E-state index contributed by atoms with van der Waals surface area (Å²) in [7, 11) is 1.28. The van der Waals surface area contributed by atoms with E-state index in [1.807, 2.05) is 6.07 Å². The first-order valence-electron chi connectivity index (χ1n) is 4.69. The number of phenolic OH excluding ortho intramolecular Hbond substituents is 1. The largest absolute Gasteiger partial charge is 0.504 e. The summed E-state index contributed by atoms with van der Waals surface area (Å²) in [6.07, 6.45) is -0.0577. The minimum Gasteiger partial charge on any atom is -0.504 e. The number of nitrogens with two attached hydrogens (primary N) is 1. The SMILES string of the molecule is COc1cc([N+](=O)[O-])cc([C@H](N)CC#N)c1O. The van der Waals surface area contributed by atoms with Gasteiger partial charge in [-0.1, -0.05) is 0 Å². The number of ether oxygens (including phenoxy) is 1. The summed E-state index contributed by atoms with van der Waals surface area (Å²) in [5.41, 5.74) is 5.51. The summed E-state index contributed by atoms with van der Waals surface area (Å²) in [6.45, 7) is 0. The number of non-ortho nitro benzene ring substituents is 1. The monoisotopic (exact) mass is 237 g/mol. The average molecular weight is 237 g/mol. The zero-order chi connectivity index (χ0) is 13.0. The first-order chi connectivity index (χ1) is 8.01. The van der Waals surface area contributed by atoms with Crippen LogP contribution in [0.4, 0.5) is 5.69 Å². The van der Waals surface area contributed by atoms with Crippen LogP contribution >= 0.6 is 0 Å². The fourth-order valence-electron chi connectivity index (χ4n) is 1.37. The smallest absolute Gasteiger partial charge is 0.273 e.